The number of hydrogen-bond acceptors (Lipinski definition) is 4. The van der Waals surface area contributed by atoms with Crippen molar-refractivity contribution in [3.63, 3.8) is 0 Å². The summed E-state index contributed by atoms with van der Waals surface area (Å²) in [5.74, 6) is 0.462. The zero-order valence-corrected chi connectivity index (χ0v) is 12.2. The first-order valence-electron chi connectivity index (χ1n) is 6.96. The monoisotopic (exact) mass is 288 g/mol. The van der Waals surface area contributed by atoms with Crippen LogP contribution in [0.5, 0.6) is 0 Å². The number of allylic oxidation sites excluding steroid dienone is 4. The Morgan fingerprint density at radius 3 is 2.57 bits per heavy atom. The standard InChI is InChI=1S/C13H12O2.C4H8O2/c14-13(11-7-3-1-4-8-11)15-12-9-5-2-6-10-12;1-2-3-6-4-5/h1-5,7-9H,6,10H2;4H,2-3H2,1H3. The predicted octanol–water partition coefficient (Wildman–Crippen LogP) is 3.65. The molecule has 0 aromatic heterocycles. The van der Waals surface area contributed by atoms with E-state index in [0.29, 0.717) is 18.6 Å². The van der Waals surface area contributed by atoms with E-state index in [2.05, 4.69) is 10.8 Å². The fourth-order valence-corrected chi connectivity index (χ4v) is 1.58. The average molecular weight is 288 g/mol. The number of hydrogen-bond donors (Lipinski definition) is 0. The molecule has 0 N–H and O–H groups in total. The highest BCUT2D eigenvalue weighted by Crippen LogP contribution is 2.15. The van der Waals surface area contributed by atoms with Gasteiger partial charge in [-0.2, -0.15) is 0 Å². The van der Waals surface area contributed by atoms with Gasteiger partial charge in [0.05, 0.1) is 12.2 Å². The lowest BCUT2D eigenvalue weighted by molar-refractivity contribution is -0.128. The summed E-state index contributed by atoms with van der Waals surface area (Å²) in [6.07, 6.45) is 8.45. The Balaban J connectivity index is 0.000000315. The van der Waals surface area contributed by atoms with Crippen LogP contribution in [0.25, 0.3) is 0 Å². The Morgan fingerprint density at radius 1 is 1.29 bits per heavy atom. The maximum absolute atomic E-state index is 11.6. The SMILES string of the molecule is CCCOC=O.O=C(OC1=CC=CCC1)c1ccccc1. The van der Waals surface area contributed by atoms with Crippen molar-refractivity contribution in [1.29, 1.82) is 0 Å². The second-order valence-electron chi connectivity index (χ2n) is 4.32. The number of ether oxygens (including phenoxy) is 2. The molecule has 4 nitrogen and oxygen atoms in total. The van der Waals surface area contributed by atoms with Crippen molar-refractivity contribution in [1.82, 2.24) is 0 Å². The van der Waals surface area contributed by atoms with E-state index in [1.165, 1.54) is 0 Å². The first-order valence-corrected chi connectivity index (χ1v) is 6.96. The summed E-state index contributed by atoms with van der Waals surface area (Å²) in [6.45, 7) is 2.95. The van der Waals surface area contributed by atoms with E-state index < -0.39 is 0 Å². The smallest absolute Gasteiger partial charge is 0.343 e. The van der Waals surface area contributed by atoms with Gasteiger partial charge < -0.3 is 9.47 Å². The molecule has 0 atom stereocenters. The fraction of sp³-hybridized carbons (Fsp3) is 0.294. The van der Waals surface area contributed by atoms with E-state index in [4.69, 9.17) is 4.74 Å². The molecular weight excluding hydrogens is 268 g/mol. The molecule has 0 bridgehead atoms. The molecule has 0 spiro atoms. The van der Waals surface area contributed by atoms with Crippen LogP contribution in [0, 0.1) is 0 Å². The Labute approximate surface area is 125 Å². The maximum Gasteiger partial charge on any atom is 0.343 e. The molecule has 0 saturated carbocycles. The molecule has 0 amide bonds. The van der Waals surface area contributed by atoms with Crippen molar-refractivity contribution < 1.29 is 19.1 Å². The highest BCUT2D eigenvalue weighted by atomic mass is 16.5. The van der Waals surface area contributed by atoms with Crippen molar-refractivity contribution in [2.24, 2.45) is 0 Å². The number of rotatable bonds is 5. The maximum atomic E-state index is 11.6. The highest BCUT2D eigenvalue weighted by molar-refractivity contribution is 5.90. The van der Waals surface area contributed by atoms with Gasteiger partial charge >= 0.3 is 5.97 Å². The molecule has 112 valence electrons. The van der Waals surface area contributed by atoms with E-state index in [1.54, 1.807) is 12.1 Å². The number of carbonyl (C=O) groups is 2. The minimum atomic E-state index is -0.280. The Kier molecular flexibility index (Phi) is 8.29. The van der Waals surface area contributed by atoms with Gasteiger partial charge in [0.25, 0.3) is 6.47 Å². The van der Waals surface area contributed by atoms with Gasteiger partial charge in [-0.1, -0.05) is 37.3 Å². The van der Waals surface area contributed by atoms with Gasteiger partial charge in [0, 0.05) is 6.42 Å². The predicted molar refractivity (Wildman–Crippen MR) is 80.6 cm³/mol. The Hall–Kier alpha value is -2.36. The van der Waals surface area contributed by atoms with Gasteiger partial charge in [-0.15, -0.1) is 0 Å². The molecule has 0 aliphatic heterocycles. The first-order chi connectivity index (χ1) is 10.3. The Morgan fingerprint density at radius 2 is 2.05 bits per heavy atom. The third kappa shape index (κ3) is 7.11. The van der Waals surface area contributed by atoms with Gasteiger partial charge in [0.1, 0.15) is 5.76 Å². The Bertz CT molecular complexity index is 489. The quantitative estimate of drug-likeness (QED) is 0.471. The largest absolute Gasteiger partial charge is 0.468 e. The van der Waals surface area contributed by atoms with Crippen LogP contribution in [0.3, 0.4) is 0 Å². The van der Waals surface area contributed by atoms with Crippen molar-refractivity contribution in [3.05, 3.63) is 59.9 Å². The molecule has 1 aliphatic carbocycles. The second-order valence-corrected chi connectivity index (χ2v) is 4.32. The first kappa shape index (κ1) is 16.7. The molecule has 1 aromatic rings. The lowest BCUT2D eigenvalue weighted by Gasteiger charge is -2.09. The van der Waals surface area contributed by atoms with E-state index in [9.17, 15) is 9.59 Å². The highest BCUT2D eigenvalue weighted by Gasteiger charge is 2.09. The van der Waals surface area contributed by atoms with Crippen LogP contribution in [0.15, 0.2) is 54.3 Å². The van der Waals surface area contributed by atoms with Crippen molar-refractivity contribution in [2.75, 3.05) is 6.61 Å². The van der Waals surface area contributed by atoms with E-state index in [0.717, 1.165) is 25.0 Å². The van der Waals surface area contributed by atoms with Gasteiger partial charge in [0.15, 0.2) is 0 Å². The summed E-state index contributed by atoms with van der Waals surface area (Å²) < 4.78 is 9.55. The van der Waals surface area contributed by atoms with Crippen molar-refractivity contribution in [2.45, 2.75) is 26.2 Å². The third-order valence-corrected chi connectivity index (χ3v) is 2.60. The molecule has 2 rings (SSSR count). The van der Waals surface area contributed by atoms with E-state index in [1.807, 2.05) is 37.3 Å². The molecule has 21 heavy (non-hydrogen) atoms. The number of benzene rings is 1. The summed E-state index contributed by atoms with van der Waals surface area (Å²) >= 11 is 0. The van der Waals surface area contributed by atoms with E-state index in [-0.39, 0.29) is 5.97 Å². The molecule has 1 aliphatic rings. The summed E-state index contributed by atoms with van der Waals surface area (Å²) in [6, 6.07) is 9.03. The zero-order chi connectivity index (χ0) is 15.3. The summed E-state index contributed by atoms with van der Waals surface area (Å²) in [5.41, 5.74) is 0.591. The lowest BCUT2D eigenvalue weighted by Crippen LogP contribution is -2.05. The molecule has 0 heterocycles. The van der Waals surface area contributed by atoms with Crippen LogP contribution in [0.2, 0.25) is 0 Å². The van der Waals surface area contributed by atoms with Gasteiger partial charge in [-0.05, 0) is 31.1 Å². The topological polar surface area (TPSA) is 52.6 Å². The summed E-state index contributed by atoms with van der Waals surface area (Å²) in [7, 11) is 0. The summed E-state index contributed by atoms with van der Waals surface area (Å²) in [4.78, 5) is 21.0. The van der Waals surface area contributed by atoms with Crippen LogP contribution in [0.1, 0.15) is 36.5 Å². The van der Waals surface area contributed by atoms with Crippen molar-refractivity contribution >= 4 is 12.4 Å². The van der Waals surface area contributed by atoms with Crippen LogP contribution >= 0.6 is 0 Å². The van der Waals surface area contributed by atoms with E-state index >= 15 is 0 Å². The van der Waals surface area contributed by atoms with Crippen LogP contribution < -0.4 is 0 Å². The third-order valence-electron chi connectivity index (χ3n) is 2.60. The molecule has 0 fully saturated rings. The molecule has 0 radical (unpaired) electrons. The average Bonchev–Trinajstić information content (AvgIpc) is 2.55. The van der Waals surface area contributed by atoms with Gasteiger partial charge in [0.2, 0.25) is 0 Å². The summed E-state index contributed by atoms with van der Waals surface area (Å²) in [5, 5.41) is 0. The lowest BCUT2D eigenvalue weighted by atomic mass is 10.1. The molecule has 0 saturated heterocycles. The van der Waals surface area contributed by atoms with Gasteiger partial charge in [-0.3, -0.25) is 4.79 Å². The molecule has 0 unspecified atom stereocenters. The molecule has 4 heteroatoms. The minimum Gasteiger partial charge on any atom is -0.468 e. The van der Waals surface area contributed by atoms with Crippen LogP contribution in [-0.4, -0.2) is 19.0 Å². The number of carbonyl (C=O) groups excluding carboxylic acids is 2. The zero-order valence-electron chi connectivity index (χ0n) is 12.2. The molecule has 1 aromatic carbocycles. The van der Waals surface area contributed by atoms with Gasteiger partial charge in [-0.25, -0.2) is 4.79 Å². The van der Waals surface area contributed by atoms with Crippen molar-refractivity contribution in [3.8, 4) is 0 Å². The van der Waals surface area contributed by atoms with Crippen LogP contribution in [-0.2, 0) is 14.3 Å². The number of esters is 1. The molecular formula is C17H20O4. The second kappa shape index (κ2) is 10.4. The minimum absolute atomic E-state index is 0.280. The fourth-order valence-electron chi connectivity index (χ4n) is 1.58. The van der Waals surface area contributed by atoms with Crippen LogP contribution in [0.4, 0.5) is 0 Å². The normalized spacial score (nSPS) is 12.5.